The van der Waals surface area contributed by atoms with Crippen LogP contribution in [0.5, 0.6) is 0 Å². The zero-order valence-corrected chi connectivity index (χ0v) is 12.0. The van der Waals surface area contributed by atoms with Gasteiger partial charge in [-0.2, -0.15) is 0 Å². The van der Waals surface area contributed by atoms with Gasteiger partial charge in [0.15, 0.2) is 0 Å². The Labute approximate surface area is 115 Å². The lowest BCUT2D eigenvalue weighted by molar-refractivity contribution is 0.0952. The Morgan fingerprint density at radius 2 is 1.89 bits per heavy atom. The van der Waals surface area contributed by atoms with E-state index in [4.69, 9.17) is 11.6 Å². The minimum absolute atomic E-state index is 0.0357. The molecule has 0 saturated heterocycles. The number of hydrogen-bond donors (Lipinski definition) is 1. The normalized spacial score (nSPS) is 10.4. The predicted molar refractivity (Wildman–Crippen MR) is 77.4 cm³/mol. The molecule has 1 amide bonds. The largest absolute Gasteiger partial charge is 0.352 e. The summed E-state index contributed by atoms with van der Waals surface area (Å²) in [6.45, 7) is 4.76. The summed E-state index contributed by atoms with van der Waals surface area (Å²) in [7, 11) is 0. The van der Waals surface area contributed by atoms with Crippen molar-refractivity contribution in [2.45, 2.75) is 39.5 Å². The average molecular weight is 268 g/mol. The van der Waals surface area contributed by atoms with Crippen molar-refractivity contribution in [3.63, 3.8) is 0 Å². The zero-order valence-electron chi connectivity index (χ0n) is 11.3. The number of alkyl halides is 1. The first-order valence-corrected chi connectivity index (χ1v) is 7.10. The molecule has 0 atom stereocenters. The molecule has 1 aromatic rings. The van der Waals surface area contributed by atoms with Gasteiger partial charge < -0.3 is 5.32 Å². The van der Waals surface area contributed by atoms with Crippen LogP contribution in [0.3, 0.4) is 0 Å². The lowest BCUT2D eigenvalue weighted by Gasteiger charge is -2.09. The monoisotopic (exact) mass is 267 g/mol. The summed E-state index contributed by atoms with van der Waals surface area (Å²) in [5.41, 5.74) is 3.01. The van der Waals surface area contributed by atoms with Gasteiger partial charge in [-0.1, -0.05) is 25.0 Å². The number of carbonyl (C=O) groups is 1. The Morgan fingerprint density at radius 1 is 1.17 bits per heavy atom. The van der Waals surface area contributed by atoms with Crippen molar-refractivity contribution in [3.8, 4) is 0 Å². The molecule has 0 aliphatic heterocycles. The van der Waals surface area contributed by atoms with Crippen LogP contribution in [0.2, 0.25) is 0 Å². The molecule has 2 nitrogen and oxygen atoms in total. The number of amides is 1. The second-order valence-electron chi connectivity index (χ2n) is 4.61. The second kappa shape index (κ2) is 8.15. The van der Waals surface area contributed by atoms with Gasteiger partial charge in [0, 0.05) is 18.0 Å². The maximum atomic E-state index is 12.0. The number of carbonyl (C=O) groups excluding carboxylic acids is 1. The number of benzene rings is 1. The third kappa shape index (κ3) is 4.69. The highest BCUT2D eigenvalue weighted by Gasteiger charge is 2.08. The molecule has 0 aromatic heterocycles. The van der Waals surface area contributed by atoms with E-state index in [1.165, 1.54) is 0 Å². The van der Waals surface area contributed by atoms with Crippen molar-refractivity contribution in [2.24, 2.45) is 0 Å². The van der Waals surface area contributed by atoms with Crippen LogP contribution >= 0.6 is 11.6 Å². The SMILES string of the molecule is Cc1cccc(C(=O)NCCCCCCCl)c1C. The molecule has 3 heteroatoms. The van der Waals surface area contributed by atoms with Crippen molar-refractivity contribution in [2.75, 3.05) is 12.4 Å². The van der Waals surface area contributed by atoms with Gasteiger partial charge in [0.2, 0.25) is 0 Å². The summed E-state index contributed by atoms with van der Waals surface area (Å²) < 4.78 is 0. The lowest BCUT2D eigenvalue weighted by atomic mass is 10.0. The van der Waals surface area contributed by atoms with Crippen LogP contribution in [0.25, 0.3) is 0 Å². The Hall–Kier alpha value is -1.02. The molecule has 1 aromatic carbocycles. The van der Waals surface area contributed by atoms with Crippen molar-refractivity contribution in [1.29, 1.82) is 0 Å². The maximum absolute atomic E-state index is 12.0. The van der Waals surface area contributed by atoms with Gasteiger partial charge in [0.25, 0.3) is 5.91 Å². The number of hydrogen-bond acceptors (Lipinski definition) is 1. The van der Waals surface area contributed by atoms with Crippen LogP contribution in [-0.4, -0.2) is 18.3 Å². The molecule has 0 bridgehead atoms. The van der Waals surface area contributed by atoms with E-state index in [1.54, 1.807) is 0 Å². The molecular weight excluding hydrogens is 246 g/mol. The summed E-state index contributed by atoms with van der Waals surface area (Å²) in [5.74, 6) is 0.767. The summed E-state index contributed by atoms with van der Waals surface area (Å²) in [4.78, 5) is 12.0. The summed E-state index contributed by atoms with van der Waals surface area (Å²) >= 11 is 5.61. The third-order valence-corrected chi connectivity index (χ3v) is 3.46. The van der Waals surface area contributed by atoms with E-state index < -0.39 is 0 Å². The molecule has 0 saturated carbocycles. The van der Waals surface area contributed by atoms with Crippen LogP contribution in [-0.2, 0) is 0 Å². The van der Waals surface area contributed by atoms with Gasteiger partial charge in [-0.15, -0.1) is 11.6 Å². The summed E-state index contributed by atoms with van der Waals surface area (Å²) in [6.07, 6.45) is 4.35. The molecule has 1 N–H and O–H groups in total. The quantitative estimate of drug-likeness (QED) is 0.590. The number of nitrogens with one attached hydrogen (secondary N) is 1. The van der Waals surface area contributed by atoms with Crippen molar-refractivity contribution >= 4 is 17.5 Å². The first kappa shape index (κ1) is 15.0. The molecule has 0 fully saturated rings. The van der Waals surface area contributed by atoms with Crippen LogP contribution in [0.1, 0.15) is 47.2 Å². The van der Waals surface area contributed by atoms with Gasteiger partial charge in [0.05, 0.1) is 0 Å². The van der Waals surface area contributed by atoms with Crippen molar-refractivity contribution in [1.82, 2.24) is 5.32 Å². The van der Waals surface area contributed by atoms with Crippen LogP contribution in [0.15, 0.2) is 18.2 Å². The number of halogens is 1. The van der Waals surface area contributed by atoms with E-state index in [-0.39, 0.29) is 5.91 Å². The molecule has 0 radical (unpaired) electrons. The van der Waals surface area contributed by atoms with Crippen LogP contribution in [0.4, 0.5) is 0 Å². The minimum Gasteiger partial charge on any atom is -0.352 e. The van der Waals surface area contributed by atoms with E-state index in [1.807, 2.05) is 32.0 Å². The van der Waals surface area contributed by atoms with Gasteiger partial charge in [-0.3, -0.25) is 4.79 Å². The number of aryl methyl sites for hydroxylation is 1. The molecule has 0 spiro atoms. The maximum Gasteiger partial charge on any atom is 0.251 e. The first-order valence-electron chi connectivity index (χ1n) is 6.57. The smallest absolute Gasteiger partial charge is 0.251 e. The molecule has 1 rings (SSSR count). The molecule has 0 heterocycles. The minimum atomic E-state index is 0.0357. The average Bonchev–Trinajstić information content (AvgIpc) is 2.36. The van der Waals surface area contributed by atoms with Crippen LogP contribution in [0, 0.1) is 13.8 Å². The molecule has 0 unspecified atom stereocenters. The fourth-order valence-electron chi connectivity index (χ4n) is 1.87. The van der Waals surface area contributed by atoms with Crippen LogP contribution < -0.4 is 5.32 Å². The van der Waals surface area contributed by atoms with Gasteiger partial charge in [0.1, 0.15) is 0 Å². The zero-order chi connectivity index (χ0) is 13.4. The van der Waals surface area contributed by atoms with Crippen molar-refractivity contribution in [3.05, 3.63) is 34.9 Å². The van der Waals surface area contributed by atoms with E-state index in [2.05, 4.69) is 5.32 Å². The fraction of sp³-hybridized carbons (Fsp3) is 0.533. The van der Waals surface area contributed by atoms with E-state index in [0.29, 0.717) is 0 Å². The van der Waals surface area contributed by atoms with Gasteiger partial charge >= 0.3 is 0 Å². The molecule has 100 valence electrons. The second-order valence-corrected chi connectivity index (χ2v) is 4.98. The highest BCUT2D eigenvalue weighted by atomic mass is 35.5. The molecule has 18 heavy (non-hydrogen) atoms. The van der Waals surface area contributed by atoms with E-state index in [0.717, 1.165) is 54.8 Å². The third-order valence-electron chi connectivity index (χ3n) is 3.20. The topological polar surface area (TPSA) is 29.1 Å². The molecule has 0 aliphatic carbocycles. The summed E-state index contributed by atoms with van der Waals surface area (Å²) in [6, 6.07) is 5.83. The Bertz CT molecular complexity index is 390. The van der Waals surface area contributed by atoms with E-state index >= 15 is 0 Å². The van der Waals surface area contributed by atoms with E-state index in [9.17, 15) is 4.79 Å². The van der Waals surface area contributed by atoms with Gasteiger partial charge in [-0.25, -0.2) is 0 Å². The standard InChI is InChI=1S/C15H22ClNO/c1-12-8-7-9-14(13(12)2)15(18)17-11-6-4-3-5-10-16/h7-9H,3-6,10-11H2,1-2H3,(H,17,18). The first-order chi connectivity index (χ1) is 8.66. The van der Waals surface area contributed by atoms with Crippen molar-refractivity contribution < 1.29 is 4.79 Å². The number of rotatable bonds is 7. The Kier molecular flexibility index (Phi) is 6.81. The Balaban J connectivity index is 2.35. The number of unbranched alkanes of at least 4 members (excludes halogenated alkanes) is 3. The lowest BCUT2D eigenvalue weighted by Crippen LogP contribution is -2.25. The highest BCUT2D eigenvalue weighted by Crippen LogP contribution is 2.12. The highest BCUT2D eigenvalue weighted by molar-refractivity contribution is 6.17. The Morgan fingerprint density at radius 3 is 2.61 bits per heavy atom. The summed E-state index contributed by atoms with van der Waals surface area (Å²) in [5, 5.41) is 2.97. The fourth-order valence-corrected chi connectivity index (χ4v) is 2.06. The van der Waals surface area contributed by atoms with Gasteiger partial charge in [-0.05, 0) is 43.9 Å². The molecule has 0 aliphatic rings. The predicted octanol–water partition coefficient (Wildman–Crippen LogP) is 3.83. The molecular formula is C15H22ClNO.